The summed E-state index contributed by atoms with van der Waals surface area (Å²) in [6.07, 6.45) is 2.01. The van der Waals surface area contributed by atoms with Crippen molar-refractivity contribution < 1.29 is 19.2 Å². The van der Waals surface area contributed by atoms with Crippen LogP contribution in [0.25, 0.3) is 6.08 Å². The number of rotatable bonds is 9. The van der Waals surface area contributed by atoms with Crippen molar-refractivity contribution in [2.45, 2.75) is 20.3 Å². The van der Waals surface area contributed by atoms with Crippen LogP contribution in [-0.4, -0.2) is 40.6 Å². The van der Waals surface area contributed by atoms with Gasteiger partial charge in [-0.2, -0.15) is 0 Å². The minimum Gasteiger partial charge on any atom is -0.490 e. The van der Waals surface area contributed by atoms with Crippen LogP contribution in [0.5, 0.6) is 11.5 Å². The lowest BCUT2D eigenvalue weighted by Crippen LogP contribution is -2.32. The Morgan fingerprint density at radius 1 is 1.16 bits per heavy atom. The first kappa shape index (κ1) is 23.5. The fourth-order valence-corrected chi connectivity index (χ4v) is 3.63. The number of ether oxygens (including phenoxy) is 2. The second-order valence-electron chi connectivity index (χ2n) is 6.80. The molecule has 0 atom stereocenters. The zero-order chi connectivity index (χ0) is 23.3. The molecule has 8 nitrogen and oxygen atoms in total. The molecule has 0 bridgehead atoms. The maximum absolute atomic E-state index is 12.9. The fraction of sp³-hybridized carbons (Fsp3) is 0.273. The lowest BCUT2D eigenvalue weighted by molar-refractivity contribution is -0.384. The third-order valence-corrected chi connectivity index (χ3v) is 5.35. The van der Waals surface area contributed by atoms with E-state index in [4.69, 9.17) is 33.3 Å². The zero-order valence-electron chi connectivity index (χ0n) is 17.6. The quantitative estimate of drug-likeness (QED) is 0.249. The Labute approximate surface area is 195 Å². The molecule has 0 spiro atoms. The standard InChI is InChI=1S/C22H22ClN3O5S/c1-3-30-19-8-5-14(11-20(19)31-4-2)9-10-25-21(27)18(24-22(25)32)13-15-12-16(26(28)29)6-7-17(15)23/h5-8,11-13H,3-4,9-10H2,1-2H3,(H,24,32)/b18-13+. The van der Waals surface area contributed by atoms with E-state index in [0.717, 1.165) is 5.56 Å². The third-order valence-electron chi connectivity index (χ3n) is 4.68. The van der Waals surface area contributed by atoms with Gasteiger partial charge in [0.05, 0.1) is 18.1 Å². The summed E-state index contributed by atoms with van der Waals surface area (Å²) in [5.41, 5.74) is 1.41. The van der Waals surface area contributed by atoms with Gasteiger partial charge in [-0.05, 0) is 62.3 Å². The molecule has 0 saturated carbocycles. The highest BCUT2D eigenvalue weighted by molar-refractivity contribution is 7.80. The number of hydrogen-bond donors (Lipinski definition) is 1. The van der Waals surface area contributed by atoms with Crippen LogP contribution in [-0.2, 0) is 11.2 Å². The summed E-state index contributed by atoms with van der Waals surface area (Å²) in [7, 11) is 0. The summed E-state index contributed by atoms with van der Waals surface area (Å²) in [5, 5.41) is 14.4. The van der Waals surface area contributed by atoms with Crippen LogP contribution in [0.4, 0.5) is 5.69 Å². The summed E-state index contributed by atoms with van der Waals surface area (Å²) < 4.78 is 11.2. The summed E-state index contributed by atoms with van der Waals surface area (Å²) >= 11 is 11.5. The molecule has 10 heteroatoms. The van der Waals surface area contributed by atoms with Crippen LogP contribution in [0, 0.1) is 10.1 Å². The first-order valence-electron chi connectivity index (χ1n) is 10.0. The Bertz CT molecular complexity index is 1090. The molecule has 1 amide bonds. The van der Waals surface area contributed by atoms with Gasteiger partial charge in [-0.3, -0.25) is 19.8 Å². The van der Waals surface area contributed by atoms with Crippen molar-refractivity contribution in [2.24, 2.45) is 0 Å². The molecule has 0 aromatic heterocycles. The Kier molecular flexibility index (Phi) is 7.66. The highest BCUT2D eigenvalue weighted by Gasteiger charge is 2.30. The van der Waals surface area contributed by atoms with Crippen molar-refractivity contribution >= 4 is 46.6 Å². The number of benzene rings is 2. The molecule has 1 fully saturated rings. The molecule has 1 heterocycles. The smallest absolute Gasteiger partial charge is 0.276 e. The molecule has 0 aliphatic carbocycles. The molecule has 1 aliphatic heterocycles. The van der Waals surface area contributed by atoms with Gasteiger partial charge in [0, 0.05) is 29.3 Å². The van der Waals surface area contributed by atoms with Crippen LogP contribution in [0.1, 0.15) is 25.0 Å². The maximum atomic E-state index is 12.9. The molecule has 32 heavy (non-hydrogen) atoms. The number of nitro benzene ring substituents is 1. The van der Waals surface area contributed by atoms with Crippen molar-refractivity contribution in [3.63, 3.8) is 0 Å². The van der Waals surface area contributed by atoms with E-state index in [-0.39, 0.29) is 22.4 Å². The normalized spacial score (nSPS) is 14.6. The van der Waals surface area contributed by atoms with Crippen LogP contribution in [0.3, 0.4) is 0 Å². The van der Waals surface area contributed by atoms with Gasteiger partial charge in [-0.1, -0.05) is 17.7 Å². The molecule has 168 valence electrons. The number of halogens is 1. The lowest BCUT2D eigenvalue weighted by atomic mass is 10.1. The Morgan fingerprint density at radius 2 is 1.88 bits per heavy atom. The number of carbonyl (C=O) groups is 1. The minimum absolute atomic E-state index is 0.119. The van der Waals surface area contributed by atoms with Gasteiger partial charge in [0.2, 0.25) is 0 Å². The molecular formula is C22H22ClN3O5S. The van der Waals surface area contributed by atoms with E-state index in [0.29, 0.717) is 48.3 Å². The highest BCUT2D eigenvalue weighted by atomic mass is 35.5. The molecule has 1 aliphatic rings. The van der Waals surface area contributed by atoms with Gasteiger partial charge >= 0.3 is 0 Å². The monoisotopic (exact) mass is 475 g/mol. The average molecular weight is 476 g/mol. The number of carbonyl (C=O) groups excluding carboxylic acids is 1. The third kappa shape index (κ3) is 5.35. The number of thiocarbonyl (C=S) groups is 1. The van der Waals surface area contributed by atoms with Gasteiger partial charge < -0.3 is 14.8 Å². The Hall–Kier alpha value is -3.17. The maximum Gasteiger partial charge on any atom is 0.276 e. The number of nitro groups is 1. The number of nitrogens with zero attached hydrogens (tertiary/aromatic N) is 2. The van der Waals surface area contributed by atoms with E-state index in [1.54, 1.807) is 0 Å². The zero-order valence-corrected chi connectivity index (χ0v) is 19.2. The topological polar surface area (TPSA) is 93.9 Å². The molecule has 1 N–H and O–H groups in total. The fourth-order valence-electron chi connectivity index (χ4n) is 3.18. The first-order valence-corrected chi connectivity index (χ1v) is 10.8. The first-order chi connectivity index (χ1) is 15.3. The van der Waals surface area contributed by atoms with Crippen molar-refractivity contribution in [2.75, 3.05) is 19.8 Å². The summed E-state index contributed by atoms with van der Waals surface area (Å²) in [6.45, 7) is 5.20. The summed E-state index contributed by atoms with van der Waals surface area (Å²) in [5.74, 6) is 1.00. The lowest BCUT2D eigenvalue weighted by Gasteiger charge is -2.15. The molecule has 2 aromatic carbocycles. The average Bonchev–Trinajstić information content (AvgIpc) is 3.02. The van der Waals surface area contributed by atoms with Crippen LogP contribution in [0.15, 0.2) is 42.1 Å². The predicted molar refractivity (Wildman–Crippen MR) is 126 cm³/mol. The van der Waals surface area contributed by atoms with Crippen molar-refractivity contribution in [1.29, 1.82) is 0 Å². The van der Waals surface area contributed by atoms with Gasteiger partial charge in [-0.25, -0.2) is 0 Å². The van der Waals surface area contributed by atoms with Crippen LogP contribution in [0.2, 0.25) is 5.02 Å². The van der Waals surface area contributed by atoms with Gasteiger partial charge in [0.25, 0.3) is 11.6 Å². The Morgan fingerprint density at radius 3 is 2.56 bits per heavy atom. The molecular weight excluding hydrogens is 454 g/mol. The van der Waals surface area contributed by atoms with E-state index in [2.05, 4.69) is 5.32 Å². The predicted octanol–water partition coefficient (Wildman–Crippen LogP) is 4.35. The van der Waals surface area contributed by atoms with Gasteiger partial charge in [0.1, 0.15) is 5.70 Å². The molecule has 1 saturated heterocycles. The molecule has 3 rings (SSSR count). The second-order valence-corrected chi connectivity index (χ2v) is 7.60. The van der Waals surface area contributed by atoms with E-state index in [1.165, 1.54) is 29.2 Å². The minimum atomic E-state index is -0.521. The van der Waals surface area contributed by atoms with Crippen LogP contribution < -0.4 is 14.8 Å². The highest BCUT2D eigenvalue weighted by Crippen LogP contribution is 2.29. The SMILES string of the molecule is CCOc1ccc(CCN2C(=O)/C(=C\c3cc([N+](=O)[O-])ccc3Cl)NC2=S)cc1OCC. The van der Waals surface area contributed by atoms with Crippen molar-refractivity contribution in [1.82, 2.24) is 10.2 Å². The second kappa shape index (κ2) is 10.4. The van der Waals surface area contributed by atoms with Crippen molar-refractivity contribution in [3.05, 3.63) is 68.4 Å². The van der Waals surface area contributed by atoms with E-state index >= 15 is 0 Å². The molecule has 0 unspecified atom stereocenters. The van der Waals surface area contributed by atoms with Gasteiger partial charge in [0.15, 0.2) is 16.6 Å². The number of hydrogen-bond acceptors (Lipinski definition) is 6. The van der Waals surface area contributed by atoms with Gasteiger partial charge in [-0.15, -0.1) is 0 Å². The van der Waals surface area contributed by atoms with E-state index < -0.39 is 4.92 Å². The van der Waals surface area contributed by atoms with E-state index in [1.807, 2.05) is 32.0 Å². The van der Waals surface area contributed by atoms with Crippen LogP contribution >= 0.6 is 23.8 Å². The number of non-ortho nitro benzene ring substituents is 1. The molecule has 2 aromatic rings. The summed E-state index contributed by atoms with van der Waals surface area (Å²) in [4.78, 5) is 24.8. The van der Waals surface area contributed by atoms with E-state index in [9.17, 15) is 14.9 Å². The summed E-state index contributed by atoms with van der Waals surface area (Å²) in [6, 6.07) is 9.70. The number of amides is 1. The molecule has 0 radical (unpaired) electrons. The number of nitrogens with one attached hydrogen (secondary N) is 1. The Balaban J connectivity index is 1.75. The largest absolute Gasteiger partial charge is 0.490 e. The van der Waals surface area contributed by atoms with Crippen molar-refractivity contribution in [3.8, 4) is 11.5 Å².